The lowest BCUT2D eigenvalue weighted by Gasteiger charge is -2.32. The first-order chi connectivity index (χ1) is 12.2. The maximum Gasteiger partial charge on any atom is 0.249 e. The molecule has 134 valence electrons. The highest BCUT2D eigenvalue weighted by molar-refractivity contribution is 5.93. The standard InChI is InChI=1S/C20H27N3O2/c24-19(22-15-17-4-3-11-21-14-17)8-7-16-9-12-23(13-10-16)20(25)18-5-1-2-6-18/h3-5,11,14,16H,1-2,6-10,12-13,15H2,(H,22,24). The molecule has 0 saturated carbocycles. The van der Waals surface area contributed by atoms with Crippen molar-refractivity contribution < 1.29 is 9.59 Å². The summed E-state index contributed by atoms with van der Waals surface area (Å²) in [4.78, 5) is 30.4. The first-order valence-corrected chi connectivity index (χ1v) is 9.36. The van der Waals surface area contributed by atoms with Gasteiger partial charge in [-0.25, -0.2) is 0 Å². The number of pyridine rings is 1. The number of hydrogen-bond acceptors (Lipinski definition) is 3. The molecule has 1 aliphatic heterocycles. The molecular weight excluding hydrogens is 314 g/mol. The fraction of sp³-hybridized carbons (Fsp3) is 0.550. The van der Waals surface area contributed by atoms with Crippen molar-refractivity contribution in [2.45, 2.75) is 51.5 Å². The van der Waals surface area contributed by atoms with Crippen LogP contribution in [0.15, 0.2) is 36.2 Å². The van der Waals surface area contributed by atoms with E-state index < -0.39 is 0 Å². The van der Waals surface area contributed by atoms with Gasteiger partial charge in [0.05, 0.1) is 0 Å². The highest BCUT2D eigenvalue weighted by Crippen LogP contribution is 2.25. The molecule has 0 atom stereocenters. The van der Waals surface area contributed by atoms with Crippen molar-refractivity contribution in [3.8, 4) is 0 Å². The SMILES string of the molecule is O=C(CCC1CCN(C(=O)C2=CCCC2)CC1)NCc1cccnc1. The molecular formula is C20H27N3O2. The maximum atomic E-state index is 12.4. The van der Waals surface area contributed by atoms with Gasteiger partial charge in [-0.15, -0.1) is 0 Å². The van der Waals surface area contributed by atoms with Crippen molar-refractivity contribution in [1.29, 1.82) is 0 Å². The van der Waals surface area contributed by atoms with Gasteiger partial charge in [0.25, 0.3) is 0 Å². The average Bonchev–Trinajstić information content (AvgIpc) is 3.20. The third kappa shape index (κ3) is 5.15. The number of nitrogens with zero attached hydrogens (tertiary/aromatic N) is 2. The van der Waals surface area contributed by atoms with Crippen molar-refractivity contribution in [3.05, 3.63) is 41.7 Å². The Hall–Kier alpha value is -2.17. The van der Waals surface area contributed by atoms with E-state index in [-0.39, 0.29) is 11.8 Å². The van der Waals surface area contributed by atoms with Crippen molar-refractivity contribution in [2.75, 3.05) is 13.1 Å². The summed E-state index contributed by atoms with van der Waals surface area (Å²) in [6.45, 7) is 2.20. The van der Waals surface area contributed by atoms with Crippen molar-refractivity contribution in [2.24, 2.45) is 5.92 Å². The summed E-state index contributed by atoms with van der Waals surface area (Å²) in [7, 11) is 0. The second-order valence-electron chi connectivity index (χ2n) is 7.03. The molecule has 5 heteroatoms. The topological polar surface area (TPSA) is 62.3 Å². The van der Waals surface area contributed by atoms with E-state index in [9.17, 15) is 9.59 Å². The Morgan fingerprint density at radius 3 is 2.80 bits per heavy atom. The number of allylic oxidation sites excluding steroid dienone is 1. The Bertz CT molecular complexity index is 619. The Morgan fingerprint density at radius 1 is 1.28 bits per heavy atom. The van der Waals surface area contributed by atoms with Gasteiger partial charge in [0.15, 0.2) is 0 Å². The third-order valence-corrected chi connectivity index (χ3v) is 5.21. The number of aromatic nitrogens is 1. The van der Waals surface area contributed by atoms with Crippen LogP contribution >= 0.6 is 0 Å². The van der Waals surface area contributed by atoms with Crippen LogP contribution in [0, 0.1) is 5.92 Å². The molecule has 1 saturated heterocycles. The first-order valence-electron chi connectivity index (χ1n) is 9.36. The van der Waals surface area contributed by atoms with Crippen LogP contribution < -0.4 is 5.32 Å². The summed E-state index contributed by atoms with van der Waals surface area (Å²) in [6.07, 6.45) is 12.2. The van der Waals surface area contributed by atoms with Crippen LogP contribution in [0.5, 0.6) is 0 Å². The Balaban J connectivity index is 1.33. The number of nitrogens with one attached hydrogen (secondary N) is 1. The molecule has 2 amide bonds. The number of carbonyl (C=O) groups is 2. The van der Waals surface area contributed by atoms with E-state index in [1.807, 2.05) is 17.0 Å². The molecule has 5 nitrogen and oxygen atoms in total. The zero-order chi connectivity index (χ0) is 17.5. The molecule has 1 aromatic heterocycles. The van der Waals surface area contributed by atoms with E-state index in [4.69, 9.17) is 0 Å². The summed E-state index contributed by atoms with van der Waals surface area (Å²) < 4.78 is 0. The number of amides is 2. The van der Waals surface area contributed by atoms with E-state index in [1.165, 1.54) is 0 Å². The van der Waals surface area contributed by atoms with Gasteiger partial charge in [-0.05, 0) is 56.1 Å². The van der Waals surface area contributed by atoms with E-state index in [0.717, 1.165) is 62.8 Å². The normalized spacial score (nSPS) is 18.1. The van der Waals surface area contributed by atoms with Gasteiger partial charge in [-0.1, -0.05) is 12.1 Å². The van der Waals surface area contributed by atoms with Gasteiger partial charge in [-0.2, -0.15) is 0 Å². The van der Waals surface area contributed by atoms with Crippen molar-refractivity contribution >= 4 is 11.8 Å². The lowest BCUT2D eigenvalue weighted by Crippen LogP contribution is -2.39. The van der Waals surface area contributed by atoms with Crippen LogP contribution in [0.3, 0.4) is 0 Å². The number of rotatable bonds is 6. The maximum absolute atomic E-state index is 12.4. The van der Waals surface area contributed by atoms with Crippen LogP contribution in [0.2, 0.25) is 0 Å². The fourth-order valence-electron chi connectivity index (χ4n) is 3.62. The Labute approximate surface area is 149 Å². The van der Waals surface area contributed by atoms with Crippen LogP contribution in [0.25, 0.3) is 0 Å². The quantitative estimate of drug-likeness (QED) is 0.865. The van der Waals surface area contributed by atoms with Gasteiger partial charge < -0.3 is 10.2 Å². The van der Waals surface area contributed by atoms with E-state index in [0.29, 0.717) is 18.9 Å². The van der Waals surface area contributed by atoms with Gasteiger partial charge in [0.1, 0.15) is 0 Å². The summed E-state index contributed by atoms with van der Waals surface area (Å²) in [6, 6.07) is 3.83. The zero-order valence-corrected chi connectivity index (χ0v) is 14.7. The second kappa shape index (κ2) is 8.79. The van der Waals surface area contributed by atoms with Gasteiger partial charge >= 0.3 is 0 Å². The molecule has 0 spiro atoms. The zero-order valence-electron chi connectivity index (χ0n) is 14.7. The van der Waals surface area contributed by atoms with Gasteiger partial charge in [0.2, 0.25) is 11.8 Å². The smallest absolute Gasteiger partial charge is 0.249 e. The molecule has 2 aliphatic rings. The van der Waals surface area contributed by atoms with Crippen LogP contribution in [0.4, 0.5) is 0 Å². The minimum Gasteiger partial charge on any atom is -0.352 e. The van der Waals surface area contributed by atoms with Crippen LogP contribution in [-0.4, -0.2) is 34.8 Å². The number of likely N-dealkylation sites (tertiary alicyclic amines) is 1. The van der Waals surface area contributed by atoms with E-state index in [2.05, 4.69) is 16.4 Å². The molecule has 0 unspecified atom stereocenters. The molecule has 25 heavy (non-hydrogen) atoms. The Morgan fingerprint density at radius 2 is 2.12 bits per heavy atom. The number of piperidine rings is 1. The summed E-state index contributed by atoms with van der Waals surface area (Å²) in [5.74, 6) is 0.884. The number of hydrogen-bond donors (Lipinski definition) is 1. The predicted molar refractivity (Wildman–Crippen MR) is 96.6 cm³/mol. The molecule has 3 rings (SSSR count). The van der Waals surface area contributed by atoms with Gasteiger partial charge in [0, 0.05) is 44.0 Å². The largest absolute Gasteiger partial charge is 0.352 e. The Kier molecular flexibility index (Phi) is 6.20. The molecule has 0 bridgehead atoms. The molecule has 0 aromatic carbocycles. The molecule has 0 radical (unpaired) electrons. The molecule has 1 aliphatic carbocycles. The van der Waals surface area contributed by atoms with Crippen molar-refractivity contribution in [3.63, 3.8) is 0 Å². The first kappa shape index (κ1) is 17.6. The lowest BCUT2D eigenvalue weighted by molar-refractivity contribution is -0.129. The van der Waals surface area contributed by atoms with E-state index in [1.54, 1.807) is 12.4 Å². The summed E-state index contributed by atoms with van der Waals surface area (Å²) >= 11 is 0. The fourth-order valence-corrected chi connectivity index (χ4v) is 3.62. The second-order valence-corrected chi connectivity index (χ2v) is 7.03. The monoisotopic (exact) mass is 341 g/mol. The highest BCUT2D eigenvalue weighted by Gasteiger charge is 2.25. The highest BCUT2D eigenvalue weighted by atomic mass is 16.2. The predicted octanol–water partition coefficient (Wildman–Crippen LogP) is 2.83. The molecule has 2 heterocycles. The van der Waals surface area contributed by atoms with Crippen molar-refractivity contribution in [1.82, 2.24) is 15.2 Å². The molecule has 1 N–H and O–H groups in total. The summed E-state index contributed by atoms with van der Waals surface area (Å²) in [5, 5.41) is 2.95. The third-order valence-electron chi connectivity index (χ3n) is 5.21. The van der Waals surface area contributed by atoms with Crippen LogP contribution in [0.1, 0.15) is 50.5 Å². The number of carbonyl (C=O) groups excluding carboxylic acids is 2. The minimum atomic E-state index is 0.0958. The van der Waals surface area contributed by atoms with Crippen LogP contribution in [-0.2, 0) is 16.1 Å². The summed E-state index contributed by atoms with van der Waals surface area (Å²) in [5.41, 5.74) is 2.03. The average molecular weight is 341 g/mol. The molecule has 1 aromatic rings. The van der Waals surface area contributed by atoms with Gasteiger partial charge in [-0.3, -0.25) is 14.6 Å². The lowest BCUT2D eigenvalue weighted by atomic mass is 9.91. The molecule has 1 fully saturated rings. The van der Waals surface area contributed by atoms with E-state index >= 15 is 0 Å². The minimum absolute atomic E-state index is 0.0958.